The van der Waals surface area contributed by atoms with Crippen LogP contribution in [0, 0.1) is 0 Å². The van der Waals surface area contributed by atoms with E-state index >= 15 is 0 Å². The lowest BCUT2D eigenvalue weighted by atomic mass is 10.0. The number of amides is 2. The van der Waals surface area contributed by atoms with Crippen LogP contribution in [0.3, 0.4) is 0 Å². The van der Waals surface area contributed by atoms with Gasteiger partial charge < -0.3 is 16.4 Å². The van der Waals surface area contributed by atoms with Gasteiger partial charge in [0.05, 0.1) is 40.9 Å². The normalized spacial score (nSPS) is 13.5. The van der Waals surface area contributed by atoms with Gasteiger partial charge in [0.15, 0.2) is 0 Å². The second kappa shape index (κ2) is 6.46. The molecule has 4 N–H and O–H groups in total. The van der Waals surface area contributed by atoms with Crippen molar-refractivity contribution in [3.05, 3.63) is 24.0 Å². The highest BCUT2D eigenvalue weighted by molar-refractivity contribution is 6.03. The summed E-state index contributed by atoms with van der Waals surface area (Å²) in [6.45, 7) is 4.16. The van der Waals surface area contributed by atoms with Gasteiger partial charge in [-0.15, -0.1) is 0 Å². The lowest BCUT2D eigenvalue weighted by Gasteiger charge is -2.26. The molecule has 0 unspecified atom stereocenters. The molecule has 0 saturated carbocycles. The first-order valence-electron chi connectivity index (χ1n) is 7.45. The highest BCUT2D eigenvalue weighted by atomic mass is 19.4. The molecule has 0 saturated heterocycles. The van der Waals surface area contributed by atoms with E-state index in [4.69, 9.17) is 5.73 Å². The third kappa shape index (κ3) is 4.03. The molecule has 2 aromatic rings. The molecule has 0 fully saturated rings. The zero-order valence-corrected chi connectivity index (χ0v) is 14.1. The summed E-state index contributed by atoms with van der Waals surface area (Å²) in [7, 11) is 0. The molecule has 11 heteroatoms. The minimum Gasteiger partial charge on any atom is -0.377 e. The number of aromatic nitrogens is 2. The van der Waals surface area contributed by atoms with Crippen molar-refractivity contribution >= 4 is 28.7 Å². The van der Waals surface area contributed by atoms with Gasteiger partial charge in [-0.1, -0.05) is 0 Å². The van der Waals surface area contributed by atoms with Gasteiger partial charge in [0.1, 0.15) is 5.67 Å². The van der Waals surface area contributed by atoms with Crippen LogP contribution in [-0.4, -0.2) is 39.3 Å². The number of rotatable bonds is 5. The van der Waals surface area contributed by atoms with Crippen molar-refractivity contribution in [1.29, 1.82) is 0 Å². The number of fused-ring (bicyclic) bond motifs is 1. The number of nitrogens with two attached hydrogens (primary N) is 1. The first-order valence-corrected chi connectivity index (χ1v) is 7.45. The smallest absolute Gasteiger partial charge is 0.377 e. The minimum atomic E-state index is -5.06. The van der Waals surface area contributed by atoms with Crippen LogP contribution in [-0.2, 0) is 4.79 Å². The van der Waals surface area contributed by atoms with E-state index in [-0.39, 0.29) is 22.5 Å². The van der Waals surface area contributed by atoms with Gasteiger partial charge in [0.25, 0.3) is 5.91 Å². The summed E-state index contributed by atoms with van der Waals surface area (Å²) in [6.07, 6.45) is -2.83. The molecule has 2 amide bonds. The Morgan fingerprint density at radius 3 is 2.38 bits per heavy atom. The predicted molar refractivity (Wildman–Crippen MR) is 86.7 cm³/mol. The second-order valence-corrected chi connectivity index (χ2v) is 6.24. The number of nitrogens with one attached hydrogen (secondary N) is 2. The first kappa shape index (κ1) is 19.5. The molecule has 26 heavy (non-hydrogen) atoms. The van der Waals surface area contributed by atoms with Gasteiger partial charge in [-0.05, 0) is 26.8 Å². The van der Waals surface area contributed by atoms with Crippen LogP contribution in [0.25, 0.3) is 5.52 Å². The van der Waals surface area contributed by atoms with Crippen molar-refractivity contribution in [1.82, 2.24) is 9.61 Å². The molecule has 1 atom stereocenters. The number of hydrogen-bond acceptors (Lipinski definition) is 4. The van der Waals surface area contributed by atoms with Crippen LogP contribution >= 0.6 is 0 Å². The van der Waals surface area contributed by atoms with Crippen LogP contribution in [0.15, 0.2) is 18.5 Å². The largest absolute Gasteiger partial charge is 0.471 e. The van der Waals surface area contributed by atoms with Crippen LogP contribution in [0.5, 0.6) is 0 Å². The van der Waals surface area contributed by atoms with Crippen LogP contribution < -0.4 is 16.4 Å². The second-order valence-electron chi connectivity index (χ2n) is 6.24. The molecule has 0 aliphatic carbocycles. The Balaban J connectivity index is 2.51. The molecule has 0 aliphatic rings. The third-order valence-electron chi connectivity index (χ3n) is 3.81. The Kier molecular flexibility index (Phi) is 4.84. The molecule has 0 aromatic carbocycles. The maximum absolute atomic E-state index is 14.1. The first-order chi connectivity index (χ1) is 11.8. The van der Waals surface area contributed by atoms with Crippen LogP contribution in [0.4, 0.5) is 28.9 Å². The molecule has 0 bridgehead atoms. The lowest BCUT2D eigenvalue weighted by Crippen LogP contribution is -2.36. The van der Waals surface area contributed by atoms with Crippen molar-refractivity contribution in [2.75, 3.05) is 10.6 Å². The average molecular weight is 375 g/mol. The summed E-state index contributed by atoms with van der Waals surface area (Å²) in [5.74, 6) is -3.01. The van der Waals surface area contributed by atoms with Crippen molar-refractivity contribution in [3.8, 4) is 0 Å². The molecule has 142 valence electrons. The number of alkyl halides is 4. The third-order valence-corrected chi connectivity index (χ3v) is 3.81. The molecular formula is C15H17F4N5O2. The molecule has 0 radical (unpaired) electrons. The minimum absolute atomic E-state index is 0.0691. The van der Waals surface area contributed by atoms with Gasteiger partial charge in [0, 0.05) is 0 Å². The van der Waals surface area contributed by atoms with E-state index in [2.05, 4.69) is 10.4 Å². The van der Waals surface area contributed by atoms with E-state index in [1.807, 2.05) is 0 Å². The summed E-state index contributed by atoms with van der Waals surface area (Å²) in [5, 5.41) is 8.36. The monoisotopic (exact) mass is 375 g/mol. The summed E-state index contributed by atoms with van der Waals surface area (Å²) >= 11 is 0. The molecular weight excluding hydrogens is 358 g/mol. The number of hydrogen-bond donors (Lipinski definition) is 3. The Morgan fingerprint density at radius 1 is 1.27 bits per heavy atom. The average Bonchev–Trinajstić information content (AvgIpc) is 2.87. The maximum atomic E-state index is 14.1. The Labute approximate surface area is 145 Å². The van der Waals surface area contributed by atoms with Gasteiger partial charge in [-0.3, -0.25) is 9.59 Å². The number of halogens is 4. The maximum Gasteiger partial charge on any atom is 0.471 e. The Hall–Kier alpha value is -2.85. The number of carbonyl (C=O) groups excluding carboxylic acids is 2. The Bertz CT molecular complexity index is 854. The fraction of sp³-hybridized carbons (Fsp3) is 0.400. The Morgan fingerprint density at radius 2 is 1.88 bits per heavy atom. The van der Waals surface area contributed by atoms with Crippen molar-refractivity contribution in [2.24, 2.45) is 5.73 Å². The van der Waals surface area contributed by atoms with E-state index in [9.17, 15) is 27.2 Å². The highest BCUT2D eigenvalue weighted by Gasteiger charge is 2.39. The summed E-state index contributed by atoms with van der Waals surface area (Å²) < 4.78 is 52.4. The van der Waals surface area contributed by atoms with Crippen molar-refractivity contribution in [2.45, 2.75) is 38.7 Å². The van der Waals surface area contributed by atoms with Crippen LogP contribution in [0.1, 0.15) is 31.1 Å². The van der Waals surface area contributed by atoms with Gasteiger partial charge >= 0.3 is 12.1 Å². The van der Waals surface area contributed by atoms with Crippen molar-refractivity contribution < 1.29 is 27.2 Å². The zero-order chi connectivity index (χ0) is 19.9. The van der Waals surface area contributed by atoms with E-state index in [1.165, 1.54) is 26.8 Å². The van der Waals surface area contributed by atoms with Gasteiger partial charge in [-0.25, -0.2) is 8.91 Å². The summed E-state index contributed by atoms with van der Waals surface area (Å²) in [6, 6.07) is 0.401. The van der Waals surface area contributed by atoms with Crippen LogP contribution in [0.2, 0.25) is 0 Å². The molecule has 2 heterocycles. The number of carbonyl (C=O) groups is 2. The van der Waals surface area contributed by atoms with E-state index in [0.717, 1.165) is 16.9 Å². The molecule has 7 nitrogen and oxygen atoms in total. The molecule has 0 aliphatic heterocycles. The van der Waals surface area contributed by atoms with E-state index in [1.54, 1.807) is 5.32 Å². The molecule has 0 spiro atoms. The fourth-order valence-corrected chi connectivity index (χ4v) is 2.05. The number of anilines is 2. The quantitative estimate of drug-likeness (QED) is 0.699. The van der Waals surface area contributed by atoms with E-state index in [0.29, 0.717) is 0 Å². The van der Waals surface area contributed by atoms with Gasteiger partial charge in [-0.2, -0.15) is 18.3 Å². The predicted octanol–water partition coefficient (Wildman–Crippen LogP) is 2.48. The zero-order valence-electron chi connectivity index (χ0n) is 14.1. The highest BCUT2D eigenvalue weighted by Crippen LogP contribution is 2.29. The topological polar surface area (TPSA) is 102 Å². The molecule has 2 rings (SSSR count). The summed E-state index contributed by atoms with van der Waals surface area (Å²) in [5.41, 5.74) is 3.60. The van der Waals surface area contributed by atoms with Crippen molar-refractivity contribution in [3.63, 3.8) is 0 Å². The summed E-state index contributed by atoms with van der Waals surface area (Å²) in [4.78, 5) is 22.7. The lowest BCUT2D eigenvalue weighted by molar-refractivity contribution is -0.167. The molecule has 2 aromatic heterocycles. The SMILES string of the molecule is C[C@@H](Nc1c(C(N)=O)cnn2cc(NC(=O)C(F)(F)F)cc12)C(C)(C)F. The van der Waals surface area contributed by atoms with Gasteiger partial charge in [0.2, 0.25) is 0 Å². The number of primary amides is 1. The van der Waals surface area contributed by atoms with E-state index < -0.39 is 29.7 Å². The number of nitrogens with zero attached hydrogens (tertiary/aromatic N) is 2. The standard InChI is InChI=1S/C15H17F4N5O2/c1-7(14(2,3)16)22-11-9(12(20)25)5-21-24-6-8(4-10(11)24)23-13(26)15(17,18)19/h4-7,22H,1-3H3,(H2,20,25)(H,23,26)/t7-/m1/s1. The fourth-order valence-electron chi connectivity index (χ4n) is 2.05.